The molecule has 29 heavy (non-hydrogen) atoms. The van der Waals surface area contributed by atoms with E-state index >= 15 is 0 Å². The van der Waals surface area contributed by atoms with Gasteiger partial charge in [-0.25, -0.2) is 8.42 Å². The second-order valence-corrected chi connectivity index (χ2v) is 9.75. The Bertz CT molecular complexity index is 987. The summed E-state index contributed by atoms with van der Waals surface area (Å²) in [7, 11) is -3.87. The van der Waals surface area contributed by atoms with Gasteiger partial charge in [-0.15, -0.1) is 0 Å². The number of benzene rings is 2. The number of esters is 1. The predicted molar refractivity (Wildman–Crippen MR) is 112 cm³/mol. The quantitative estimate of drug-likeness (QED) is 0.462. The molecular weight excluding hydrogens is 458 g/mol. The summed E-state index contributed by atoms with van der Waals surface area (Å²) in [6.07, 6.45) is 1.86. The molecule has 1 aliphatic rings. The van der Waals surface area contributed by atoms with Crippen LogP contribution in [-0.4, -0.2) is 37.1 Å². The zero-order valence-electron chi connectivity index (χ0n) is 16.0. The van der Waals surface area contributed by atoms with Gasteiger partial charge < -0.3 is 4.74 Å². The number of piperidine rings is 1. The number of hydrogen-bond acceptors (Lipinski definition) is 5. The van der Waals surface area contributed by atoms with Gasteiger partial charge >= 0.3 is 5.97 Å². The number of Topliss-reactive ketones (excluding diaryl/α,β-unsaturated/α-hetero) is 1. The molecule has 3 rings (SSSR count). The van der Waals surface area contributed by atoms with Gasteiger partial charge in [0, 0.05) is 16.6 Å². The van der Waals surface area contributed by atoms with Gasteiger partial charge in [0.15, 0.2) is 5.78 Å². The summed E-state index contributed by atoms with van der Waals surface area (Å²) in [5.74, 6) is -0.683. The Morgan fingerprint density at radius 3 is 2.34 bits per heavy atom. The number of ketones is 1. The molecule has 0 aliphatic carbocycles. The van der Waals surface area contributed by atoms with E-state index < -0.39 is 22.0 Å². The maximum Gasteiger partial charge on any atom is 0.324 e. The van der Waals surface area contributed by atoms with E-state index in [0.29, 0.717) is 18.4 Å². The van der Waals surface area contributed by atoms with Crippen LogP contribution in [0.5, 0.6) is 0 Å². The molecule has 0 radical (unpaired) electrons. The molecule has 8 heteroatoms. The number of nitrogens with zero attached hydrogens (tertiary/aromatic N) is 1. The van der Waals surface area contributed by atoms with Crippen molar-refractivity contribution < 1.29 is 22.7 Å². The molecule has 1 unspecified atom stereocenters. The first-order chi connectivity index (χ1) is 13.8. The first-order valence-electron chi connectivity index (χ1n) is 9.33. The Morgan fingerprint density at radius 1 is 1.07 bits per heavy atom. The summed E-state index contributed by atoms with van der Waals surface area (Å²) < 4.78 is 33.8. The second kappa shape index (κ2) is 9.19. The monoisotopic (exact) mass is 479 g/mol. The zero-order valence-corrected chi connectivity index (χ0v) is 18.4. The van der Waals surface area contributed by atoms with Crippen molar-refractivity contribution in [3.05, 3.63) is 64.1 Å². The summed E-state index contributed by atoms with van der Waals surface area (Å²) in [6, 6.07) is 12.3. The number of carbonyl (C=O) groups excluding carboxylic acids is 2. The highest BCUT2D eigenvalue weighted by molar-refractivity contribution is 9.10. The number of sulfonamides is 1. The third kappa shape index (κ3) is 5.12. The topological polar surface area (TPSA) is 80.8 Å². The third-order valence-electron chi connectivity index (χ3n) is 4.89. The number of halogens is 1. The normalized spacial score (nSPS) is 17.7. The fourth-order valence-corrected chi connectivity index (χ4v) is 5.17. The van der Waals surface area contributed by atoms with Crippen molar-refractivity contribution in [2.24, 2.45) is 0 Å². The molecule has 1 fully saturated rings. The van der Waals surface area contributed by atoms with Crippen molar-refractivity contribution in [3.63, 3.8) is 0 Å². The van der Waals surface area contributed by atoms with Crippen molar-refractivity contribution in [2.75, 3.05) is 6.54 Å². The van der Waals surface area contributed by atoms with Crippen LogP contribution in [0.1, 0.15) is 42.1 Å². The van der Waals surface area contributed by atoms with Crippen molar-refractivity contribution in [1.82, 2.24) is 4.31 Å². The molecule has 2 aromatic carbocycles. The summed E-state index contributed by atoms with van der Waals surface area (Å²) >= 11 is 3.35. The van der Waals surface area contributed by atoms with E-state index in [1.165, 1.54) is 35.5 Å². The van der Waals surface area contributed by atoms with Gasteiger partial charge in [-0.3, -0.25) is 9.59 Å². The Hall–Kier alpha value is -2.03. The van der Waals surface area contributed by atoms with E-state index in [-0.39, 0.29) is 23.8 Å². The van der Waals surface area contributed by atoms with Gasteiger partial charge in [0.25, 0.3) is 0 Å². The van der Waals surface area contributed by atoms with Crippen LogP contribution in [0.4, 0.5) is 0 Å². The van der Waals surface area contributed by atoms with Gasteiger partial charge in [-0.1, -0.05) is 40.2 Å². The molecule has 1 aliphatic heterocycles. The van der Waals surface area contributed by atoms with Crippen LogP contribution in [0.2, 0.25) is 0 Å². The molecule has 154 valence electrons. The Kier molecular flexibility index (Phi) is 6.87. The molecule has 1 heterocycles. The SMILES string of the molecule is CC(=O)c1ccc(S(=O)(=O)N2CCCCC2C(=O)OCc2ccc(Br)cc2)cc1. The summed E-state index contributed by atoms with van der Waals surface area (Å²) in [4.78, 5) is 24.2. The molecule has 0 aromatic heterocycles. The second-order valence-electron chi connectivity index (χ2n) is 6.94. The fourth-order valence-electron chi connectivity index (χ4n) is 3.26. The van der Waals surface area contributed by atoms with Gasteiger partial charge in [0.2, 0.25) is 10.0 Å². The largest absolute Gasteiger partial charge is 0.460 e. The minimum Gasteiger partial charge on any atom is -0.460 e. The molecule has 0 N–H and O–H groups in total. The van der Waals surface area contributed by atoms with Crippen LogP contribution < -0.4 is 0 Å². The fraction of sp³-hybridized carbons (Fsp3) is 0.333. The van der Waals surface area contributed by atoms with Gasteiger partial charge in [-0.05, 0) is 56.0 Å². The van der Waals surface area contributed by atoms with Gasteiger partial charge in [-0.2, -0.15) is 4.31 Å². The highest BCUT2D eigenvalue weighted by Gasteiger charge is 2.38. The molecule has 0 saturated carbocycles. The molecule has 6 nitrogen and oxygen atoms in total. The van der Waals surface area contributed by atoms with Crippen LogP contribution in [0, 0.1) is 0 Å². The van der Waals surface area contributed by atoms with Gasteiger partial charge in [0.1, 0.15) is 12.6 Å². The molecule has 1 saturated heterocycles. The van der Waals surface area contributed by atoms with Gasteiger partial charge in [0.05, 0.1) is 4.90 Å². The van der Waals surface area contributed by atoms with Crippen molar-refractivity contribution >= 4 is 37.7 Å². The highest BCUT2D eigenvalue weighted by atomic mass is 79.9. The lowest BCUT2D eigenvalue weighted by Crippen LogP contribution is -2.48. The smallest absolute Gasteiger partial charge is 0.324 e. The number of carbonyl (C=O) groups is 2. The molecular formula is C21H22BrNO5S. The molecule has 0 bridgehead atoms. The third-order valence-corrected chi connectivity index (χ3v) is 7.34. The van der Waals surface area contributed by atoms with E-state index in [9.17, 15) is 18.0 Å². The molecule has 2 aromatic rings. The van der Waals surface area contributed by atoms with Crippen LogP contribution in [0.15, 0.2) is 57.9 Å². The van der Waals surface area contributed by atoms with E-state index in [2.05, 4.69) is 15.9 Å². The van der Waals surface area contributed by atoms with Crippen LogP contribution in [0.25, 0.3) is 0 Å². The van der Waals surface area contributed by atoms with Crippen molar-refractivity contribution in [2.45, 2.75) is 43.7 Å². The lowest BCUT2D eigenvalue weighted by Gasteiger charge is -2.33. The summed E-state index contributed by atoms with van der Waals surface area (Å²) in [5, 5.41) is 0. The highest BCUT2D eigenvalue weighted by Crippen LogP contribution is 2.27. The molecule has 0 spiro atoms. The molecule has 1 atom stereocenters. The Morgan fingerprint density at radius 2 is 1.72 bits per heavy atom. The first kappa shape index (κ1) is 21.7. The van der Waals surface area contributed by atoms with E-state index in [0.717, 1.165) is 16.5 Å². The van der Waals surface area contributed by atoms with Crippen LogP contribution >= 0.6 is 15.9 Å². The minimum atomic E-state index is -3.87. The van der Waals surface area contributed by atoms with E-state index in [1.54, 1.807) is 0 Å². The number of hydrogen-bond donors (Lipinski definition) is 0. The minimum absolute atomic E-state index is 0.0649. The van der Waals surface area contributed by atoms with E-state index in [4.69, 9.17) is 4.74 Å². The van der Waals surface area contributed by atoms with Crippen LogP contribution in [-0.2, 0) is 26.2 Å². The van der Waals surface area contributed by atoms with Crippen molar-refractivity contribution in [3.8, 4) is 0 Å². The number of rotatable bonds is 6. The van der Waals surface area contributed by atoms with Crippen molar-refractivity contribution in [1.29, 1.82) is 0 Å². The standard InChI is InChI=1S/C21H22BrNO5S/c1-15(24)17-7-11-19(12-8-17)29(26,27)23-13-3-2-4-20(23)21(25)28-14-16-5-9-18(22)10-6-16/h5-12,20H,2-4,13-14H2,1H3. The average Bonchev–Trinajstić information content (AvgIpc) is 2.73. The lowest BCUT2D eigenvalue weighted by atomic mass is 10.1. The average molecular weight is 480 g/mol. The van der Waals surface area contributed by atoms with Crippen LogP contribution in [0.3, 0.4) is 0 Å². The lowest BCUT2D eigenvalue weighted by molar-refractivity contribution is -0.150. The first-order valence-corrected chi connectivity index (χ1v) is 11.6. The maximum absolute atomic E-state index is 13.1. The van der Waals surface area contributed by atoms with E-state index in [1.807, 2.05) is 24.3 Å². The summed E-state index contributed by atoms with van der Waals surface area (Å²) in [6.45, 7) is 1.77. The Balaban J connectivity index is 1.76. The number of ether oxygens (including phenoxy) is 1. The predicted octanol–water partition coefficient (Wildman–Crippen LogP) is 3.94. The molecule has 0 amide bonds. The summed E-state index contributed by atoms with van der Waals surface area (Å²) in [5.41, 5.74) is 1.26. The Labute approximate surface area is 179 Å². The zero-order chi connectivity index (χ0) is 21.0. The maximum atomic E-state index is 13.1.